The second-order valence-electron chi connectivity index (χ2n) is 11.1. The summed E-state index contributed by atoms with van der Waals surface area (Å²) in [5.74, 6) is 2.88. The highest BCUT2D eigenvalue weighted by Crippen LogP contribution is 2.42. The maximum Gasteiger partial charge on any atom is 0.247 e. The molecule has 3 atom stereocenters. The van der Waals surface area contributed by atoms with E-state index in [0.29, 0.717) is 24.3 Å². The van der Waals surface area contributed by atoms with E-state index >= 15 is 0 Å². The van der Waals surface area contributed by atoms with E-state index in [-0.39, 0.29) is 18.6 Å². The minimum atomic E-state index is -1.50. The number of ketones is 1. The van der Waals surface area contributed by atoms with Crippen LogP contribution in [0.2, 0.25) is 0 Å². The number of rotatable bonds is 14. The highest BCUT2D eigenvalue weighted by Gasteiger charge is 2.51. The number of hydrazine groups is 1. The monoisotopic (exact) mass is 536 g/mol. The van der Waals surface area contributed by atoms with E-state index in [2.05, 4.69) is 10.4 Å². The number of Topliss-reactive ketones (excluding diaryl/α,β-unsaturated/α-hetero) is 1. The molecule has 1 aliphatic carbocycles. The Morgan fingerprint density at radius 3 is 2.46 bits per heavy atom. The van der Waals surface area contributed by atoms with Gasteiger partial charge in [-0.2, -0.15) is 0 Å². The minimum absolute atomic E-state index is 0.148. The number of pyridine rings is 1. The fourth-order valence-electron chi connectivity index (χ4n) is 6.39. The van der Waals surface area contributed by atoms with Crippen LogP contribution in [0.3, 0.4) is 0 Å². The van der Waals surface area contributed by atoms with Gasteiger partial charge < -0.3 is 0 Å². The van der Waals surface area contributed by atoms with Gasteiger partial charge in [0, 0.05) is 12.4 Å². The lowest BCUT2D eigenvalue weighted by Gasteiger charge is -2.37. The van der Waals surface area contributed by atoms with Crippen LogP contribution >= 0.6 is 0 Å². The Balaban J connectivity index is 2.08. The Bertz CT molecular complexity index is 1090. The Kier molecular flexibility index (Phi) is 11.6. The number of aryl methyl sites for hydroxylation is 1. The zero-order valence-corrected chi connectivity index (χ0v) is 23.3. The fraction of sp³-hybridized carbons (Fsp3) is 0.548. The first-order valence-corrected chi connectivity index (χ1v) is 14.3. The molecule has 1 saturated carbocycles. The van der Waals surface area contributed by atoms with E-state index in [9.17, 15) is 19.6 Å². The van der Waals surface area contributed by atoms with E-state index in [0.717, 1.165) is 24.0 Å². The number of carbonyl (C=O) groups excluding carboxylic acids is 3. The number of nitrogens with one attached hydrogen (secondary N) is 2. The zero-order chi connectivity index (χ0) is 28.3. The molecule has 1 unspecified atom stereocenters. The highest BCUT2D eigenvalue weighted by molar-refractivity contribution is 6.10. The number of hydroxylamine groups is 1. The van der Waals surface area contributed by atoms with Crippen molar-refractivity contribution in [1.82, 2.24) is 15.9 Å². The second-order valence-corrected chi connectivity index (χ2v) is 11.1. The second kappa shape index (κ2) is 14.9. The predicted octanol–water partition coefficient (Wildman–Crippen LogP) is 4.93. The van der Waals surface area contributed by atoms with Gasteiger partial charge in [-0.1, -0.05) is 88.6 Å². The van der Waals surface area contributed by atoms with Crippen molar-refractivity contribution in [2.45, 2.75) is 90.4 Å². The number of amides is 2. The van der Waals surface area contributed by atoms with Crippen molar-refractivity contribution in [2.75, 3.05) is 0 Å². The lowest BCUT2D eigenvalue weighted by molar-refractivity contribution is -0.148. The van der Waals surface area contributed by atoms with Gasteiger partial charge in [-0.25, -0.2) is 11.3 Å². The smallest absolute Gasteiger partial charge is 0.247 e. The lowest BCUT2D eigenvalue weighted by atomic mass is 9.65. The Morgan fingerprint density at radius 1 is 1.13 bits per heavy atom. The van der Waals surface area contributed by atoms with E-state index in [1.54, 1.807) is 18.5 Å². The highest BCUT2D eigenvalue weighted by atomic mass is 16.5. The summed E-state index contributed by atoms with van der Waals surface area (Å²) in [6, 6.07) is 11.2. The molecule has 0 spiro atoms. The van der Waals surface area contributed by atoms with Gasteiger partial charge in [-0.3, -0.25) is 30.0 Å². The molecule has 1 fully saturated rings. The average Bonchev–Trinajstić information content (AvgIpc) is 2.97. The number of hydrogen-bond acceptors (Lipinski definition) is 6. The molecule has 0 radical (unpaired) electrons. The van der Waals surface area contributed by atoms with Crippen molar-refractivity contribution in [2.24, 2.45) is 23.1 Å². The molecule has 2 amide bonds. The Labute approximate surface area is 232 Å². The fourth-order valence-corrected chi connectivity index (χ4v) is 6.39. The summed E-state index contributed by atoms with van der Waals surface area (Å²) in [6.07, 6.45) is 12.4. The predicted molar refractivity (Wildman–Crippen MR) is 150 cm³/mol. The van der Waals surface area contributed by atoms with Crippen molar-refractivity contribution in [1.29, 1.82) is 0 Å². The molecule has 212 valence electrons. The first-order valence-electron chi connectivity index (χ1n) is 14.3. The molecule has 5 N–H and O–H groups in total. The van der Waals surface area contributed by atoms with Crippen LogP contribution in [-0.4, -0.2) is 27.8 Å². The van der Waals surface area contributed by atoms with Gasteiger partial charge in [0.05, 0.1) is 11.8 Å². The third kappa shape index (κ3) is 7.51. The summed E-state index contributed by atoms with van der Waals surface area (Å²) in [5, 5.41) is 9.77. The molecule has 39 heavy (non-hydrogen) atoms. The number of aromatic nitrogens is 1. The van der Waals surface area contributed by atoms with Gasteiger partial charge >= 0.3 is 0 Å². The van der Waals surface area contributed by atoms with Crippen LogP contribution in [0.25, 0.3) is 0 Å². The first kappa shape index (κ1) is 30.4. The average molecular weight is 537 g/mol. The molecule has 0 saturated heterocycles. The summed E-state index contributed by atoms with van der Waals surface area (Å²) >= 11 is 0. The summed E-state index contributed by atoms with van der Waals surface area (Å²) in [5.41, 5.74) is 4.78. The van der Waals surface area contributed by atoms with Crippen LogP contribution in [0.4, 0.5) is 0 Å². The summed E-state index contributed by atoms with van der Waals surface area (Å²) < 4.78 is 0. The molecule has 1 aliphatic rings. The first-order chi connectivity index (χ1) is 18.9. The molecule has 1 heterocycles. The normalized spacial score (nSPS) is 17.0. The van der Waals surface area contributed by atoms with Crippen molar-refractivity contribution in [3.05, 3.63) is 65.5 Å². The van der Waals surface area contributed by atoms with Crippen LogP contribution in [0, 0.1) is 24.2 Å². The van der Waals surface area contributed by atoms with Gasteiger partial charge in [0.25, 0.3) is 0 Å². The van der Waals surface area contributed by atoms with Gasteiger partial charge in [-0.05, 0) is 54.9 Å². The number of benzene rings is 1. The zero-order valence-electron chi connectivity index (χ0n) is 23.3. The Morgan fingerprint density at radius 2 is 1.85 bits per heavy atom. The van der Waals surface area contributed by atoms with Crippen LogP contribution in [-0.2, 0) is 20.8 Å². The van der Waals surface area contributed by atoms with Gasteiger partial charge in [0.1, 0.15) is 5.41 Å². The molecular weight excluding hydrogens is 492 g/mol. The van der Waals surface area contributed by atoms with Gasteiger partial charge in [0.15, 0.2) is 5.78 Å². The van der Waals surface area contributed by atoms with Crippen LogP contribution in [0.15, 0.2) is 48.8 Å². The van der Waals surface area contributed by atoms with Crippen molar-refractivity contribution < 1.29 is 19.6 Å². The summed E-state index contributed by atoms with van der Waals surface area (Å²) in [7, 11) is 0. The standard InChI is InChI=1S/C31H44N4O4/c1-3-18-31(30(38)34-32,20-24-13-8-5-9-14-24)28(36)27(26-21-33-19-17-22(26)2)25(29(37)35-39)16-10-15-23-11-6-4-7-12-23/h5,8-9,13-14,17,19,21,23,25,27,39H,3-4,6-7,10-12,15-16,18,20,32H2,1-2H3,(H,34,38)(H,35,37)/t25-,27+,31?/m0/s1. The molecule has 0 bridgehead atoms. The van der Waals surface area contributed by atoms with E-state index < -0.39 is 29.1 Å². The van der Waals surface area contributed by atoms with Crippen molar-refractivity contribution in [3.63, 3.8) is 0 Å². The third-order valence-electron chi connectivity index (χ3n) is 8.46. The van der Waals surface area contributed by atoms with Crippen molar-refractivity contribution in [3.8, 4) is 0 Å². The number of carbonyl (C=O) groups is 3. The molecule has 2 aromatic rings. The molecule has 0 aliphatic heterocycles. The molecular formula is C31H44N4O4. The number of hydrogen-bond donors (Lipinski definition) is 4. The number of nitrogens with two attached hydrogens (primary N) is 1. The van der Waals surface area contributed by atoms with Crippen molar-refractivity contribution >= 4 is 17.6 Å². The quantitative estimate of drug-likeness (QED) is 0.0889. The van der Waals surface area contributed by atoms with Crippen LogP contribution in [0.1, 0.15) is 93.7 Å². The SMILES string of the molecule is CCCC(Cc1ccccc1)(C(=O)NN)C(=O)[C@@H](c1cnccc1C)[C@H](CCCC1CCCCC1)C(=O)NO. The van der Waals surface area contributed by atoms with Gasteiger partial charge in [-0.15, -0.1) is 0 Å². The maximum atomic E-state index is 14.8. The third-order valence-corrected chi connectivity index (χ3v) is 8.46. The largest absolute Gasteiger partial charge is 0.298 e. The summed E-state index contributed by atoms with van der Waals surface area (Å²) in [4.78, 5) is 45.9. The topological polar surface area (TPSA) is 134 Å². The molecule has 8 heteroatoms. The molecule has 1 aromatic carbocycles. The van der Waals surface area contributed by atoms with Crippen LogP contribution in [0.5, 0.6) is 0 Å². The minimum Gasteiger partial charge on any atom is -0.298 e. The molecule has 1 aromatic heterocycles. The van der Waals surface area contributed by atoms with E-state index in [1.165, 1.54) is 32.1 Å². The number of nitrogens with zero attached hydrogens (tertiary/aromatic N) is 1. The van der Waals surface area contributed by atoms with Gasteiger partial charge in [0.2, 0.25) is 11.8 Å². The molecule has 3 rings (SSSR count). The summed E-state index contributed by atoms with van der Waals surface area (Å²) in [6.45, 7) is 3.79. The Hall–Kier alpha value is -3.10. The maximum absolute atomic E-state index is 14.8. The lowest BCUT2D eigenvalue weighted by Crippen LogP contribution is -2.53. The van der Waals surface area contributed by atoms with E-state index in [4.69, 9.17) is 5.84 Å². The van der Waals surface area contributed by atoms with E-state index in [1.807, 2.05) is 49.7 Å². The molecule has 8 nitrogen and oxygen atoms in total. The van der Waals surface area contributed by atoms with Crippen LogP contribution < -0.4 is 16.7 Å².